The van der Waals surface area contributed by atoms with E-state index in [1.54, 1.807) is 0 Å². The Kier molecular flexibility index (Phi) is 5.96. The molecule has 0 spiro atoms. The van der Waals surface area contributed by atoms with Crippen LogP contribution in [0.1, 0.15) is 57.6 Å². The molecular formula is C29H32N4O. The number of benzene rings is 3. The van der Waals surface area contributed by atoms with E-state index in [0.717, 1.165) is 34.0 Å². The summed E-state index contributed by atoms with van der Waals surface area (Å²) in [5, 5.41) is 0. The highest BCUT2D eigenvalue weighted by Crippen LogP contribution is 2.46. The van der Waals surface area contributed by atoms with Gasteiger partial charge in [0.15, 0.2) is 11.6 Å². The van der Waals surface area contributed by atoms with Crippen molar-refractivity contribution in [3.63, 3.8) is 0 Å². The highest BCUT2D eigenvalue weighted by atomic mass is 16.5. The number of aromatic nitrogens is 2. The van der Waals surface area contributed by atoms with Gasteiger partial charge in [-0.2, -0.15) is 0 Å². The Morgan fingerprint density at radius 3 is 1.44 bits per heavy atom. The van der Waals surface area contributed by atoms with Gasteiger partial charge in [0.1, 0.15) is 0 Å². The van der Waals surface area contributed by atoms with Gasteiger partial charge in [-0.1, -0.05) is 64.1 Å². The molecule has 5 heteroatoms. The second-order valence-corrected chi connectivity index (χ2v) is 9.37. The van der Waals surface area contributed by atoms with Gasteiger partial charge in [-0.15, -0.1) is 0 Å². The fraction of sp³-hybridized carbons (Fsp3) is 0.310. The van der Waals surface area contributed by atoms with Crippen LogP contribution in [0.2, 0.25) is 0 Å². The Morgan fingerprint density at radius 2 is 1.09 bits per heavy atom. The number of hydrogen-bond donors (Lipinski definition) is 0. The topological polar surface area (TPSA) is 41.5 Å². The molecule has 174 valence electrons. The van der Waals surface area contributed by atoms with E-state index in [-0.39, 0.29) is 6.35 Å². The van der Waals surface area contributed by atoms with Gasteiger partial charge in [0.05, 0.1) is 11.0 Å². The summed E-state index contributed by atoms with van der Waals surface area (Å²) in [5.74, 6) is 2.56. The van der Waals surface area contributed by atoms with Crippen molar-refractivity contribution in [3.8, 4) is 0 Å². The van der Waals surface area contributed by atoms with Crippen LogP contribution in [0.15, 0.2) is 72.8 Å². The van der Waals surface area contributed by atoms with Gasteiger partial charge >= 0.3 is 0 Å². The highest BCUT2D eigenvalue weighted by Gasteiger charge is 2.41. The molecule has 2 heterocycles. The number of para-hydroxylation sites is 2. The van der Waals surface area contributed by atoms with E-state index in [0.29, 0.717) is 18.4 Å². The molecule has 1 aromatic heterocycles. The number of ether oxygens (including phenoxy) is 1. The van der Waals surface area contributed by atoms with Crippen LogP contribution in [0.25, 0.3) is 11.0 Å². The van der Waals surface area contributed by atoms with Crippen LogP contribution in [0, 0.1) is 0 Å². The maximum atomic E-state index is 6.37. The zero-order chi connectivity index (χ0) is 23.8. The molecule has 0 atom stereocenters. The van der Waals surface area contributed by atoms with Crippen LogP contribution in [0.3, 0.4) is 0 Å². The second-order valence-electron chi connectivity index (χ2n) is 9.37. The predicted octanol–water partition coefficient (Wildman–Crippen LogP) is 7.49. The number of hydrogen-bond acceptors (Lipinski definition) is 5. The third-order valence-electron chi connectivity index (χ3n) is 6.42. The summed E-state index contributed by atoms with van der Waals surface area (Å²) >= 11 is 0. The number of rotatable bonds is 6. The molecule has 0 bridgehead atoms. The fourth-order valence-electron chi connectivity index (χ4n) is 4.47. The molecule has 5 nitrogen and oxygen atoms in total. The first kappa shape index (κ1) is 22.4. The Hall–Kier alpha value is -3.44. The van der Waals surface area contributed by atoms with Crippen LogP contribution in [-0.4, -0.2) is 22.9 Å². The lowest BCUT2D eigenvalue weighted by Gasteiger charge is -2.31. The number of nitrogens with zero attached hydrogens (tertiary/aromatic N) is 4. The van der Waals surface area contributed by atoms with Crippen molar-refractivity contribution >= 4 is 34.0 Å². The lowest BCUT2D eigenvalue weighted by atomic mass is 10.0. The van der Waals surface area contributed by atoms with E-state index in [1.807, 2.05) is 31.2 Å². The van der Waals surface area contributed by atoms with E-state index in [4.69, 9.17) is 14.7 Å². The van der Waals surface area contributed by atoms with Crippen LogP contribution >= 0.6 is 0 Å². The summed E-state index contributed by atoms with van der Waals surface area (Å²) in [7, 11) is 0. The van der Waals surface area contributed by atoms with Gasteiger partial charge in [-0.3, -0.25) is 9.80 Å². The van der Waals surface area contributed by atoms with E-state index < -0.39 is 0 Å². The molecule has 4 aromatic rings. The Labute approximate surface area is 202 Å². The summed E-state index contributed by atoms with van der Waals surface area (Å²) in [5.41, 5.74) is 6.43. The Balaban J connectivity index is 1.69. The lowest BCUT2D eigenvalue weighted by Crippen LogP contribution is -2.41. The van der Waals surface area contributed by atoms with E-state index >= 15 is 0 Å². The highest BCUT2D eigenvalue weighted by molar-refractivity contribution is 5.89. The van der Waals surface area contributed by atoms with Crippen molar-refractivity contribution in [2.45, 2.75) is 52.8 Å². The molecular weight excluding hydrogens is 420 g/mol. The minimum absolute atomic E-state index is 0.383. The SMILES string of the molecule is CCOC1N(c2ccc(C(C)C)cc2)c2nc3ccccc3nc2N1c1ccc(C(C)C)cc1. The molecule has 1 aliphatic rings. The third kappa shape index (κ3) is 3.90. The zero-order valence-corrected chi connectivity index (χ0v) is 20.6. The van der Waals surface area contributed by atoms with Crippen LogP contribution in [-0.2, 0) is 4.74 Å². The van der Waals surface area contributed by atoms with Gasteiger partial charge in [0.25, 0.3) is 0 Å². The summed E-state index contributed by atoms with van der Waals surface area (Å²) in [6.07, 6.45) is -0.383. The fourth-order valence-corrected chi connectivity index (χ4v) is 4.47. The Bertz CT molecular complexity index is 1180. The quantitative estimate of drug-likeness (QED) is 0.303. The summed E-state index contributed by atoms with van der Waals surface area (Å²) in [6, 6.07) is 25.4. The van der Waals surface area contributed by atoms with Crippen molar-refractivity contribution in [1.82, 2.24) is 9.97 Å². The summed E-state index contributed by atoms with van der Waals surface area (Å²) < 4.78 is 6.37. The maximum Gasteiger partial charge on any atom is 0.221 e. The van der Waals surface area contributed by atoms with Crippen molar-refractivity contribution in [2.75, 3.05) is 16.4 Å². The molecule has 0 aliphatic carbocycles. The van der Waals surface area contributed by atoms with Crippen LogP contribution < -0.4 is 9.80 Å². The predicted molar refractivity (Wildman–Crippen MR) is 140 cm³/mol. The molecule has 0 saturated heterocycles. The van der Waals surface area contributed by atoms with Crippen molar-refractivity contribution in [3.05, 3.63) is 83.9 Å². The molecule has 1 aliphatic heterocycles. The van der Waals surface area contributed by atoms with Gasteiger partial charge in [0, 0.05) is 18.0 Å². The normalized spacial score (nSPS) is 14.0. The monoisotopic (exact) mass is 452 g/mol. The molecule has 0 unspecified atom stereocenters. The van der Waals surface area contributed by atoms with E-state index in [2.05, 4.69) is 86.0 Å². The summed E-state index contributed by atoms with van der Waals surface area (Å²) in [6.45, 7) is 11.4. The summed E-state index contributed by atoms with van der Waals surface area (Å²) in [4.78, 5) is 14.5. The number of anilines is 4. The van der Waals surface area contributed by atoms with Crippen LogP contribution in [0.5, 0.6) is 0 Å². The average molecular weight is 453 g/mol. The number of fused-ring (bicyclic) bond motifs is 2. The lowest BCUT2D eigenvalue weighted by molar-refractivity contribution is 0.0767. The molecule has 3 aromatic carbocycles. The first-order valence-corrected chi connectivity index (χ1v) is 12.1. The van der Waals surface area contributed by atoms with Gasteiger partial charge < -0.3 is 4.74 Å². The maximum absolute atomic E-state index is 6.37. The minimum Gasteiger partial charge on any atom is -0.340 e. The molecule has 0 saturated carbocycles. The molecule has 0 fully saturated rings. The second kappa shape index (κ2) is 9.07. The standard InChI is InChI=1S/C29H32N4O/c1-6-34-29-32(23-15-11-21(12-16-23)19(2)3)27-28(31-26-10-8-7-9-25(26)30-27)33(29)24-17-13-22(14-18-24)20(4)5/h7-20,29H,6H2,1-5H3. The largest absolute Gasteiger partial charge is 0.340 e. The van der Waals surface area contributed by atoms with E-state index in [1.165, 1.54) is 11.1 Å². The molecule has 34 heavy (non-hydrogen) atoms. The van der Waals surface area contributed by atoms with Gasteiger partial charge in [-0.05, 0) is 66.3 Å². The van der Waals surface area contributed by atoms with Crippen molar-refractivity contribution in [1.29, 1.82) is 0 Å². The van der Waals surface area contributed by atoms with Crippen molar-refractivity contribution in [2.24, 2.45) is 0 Å². The average Bonchev–Trinajstić information content (AvgIpc) is 3.15. The molecule has 5 rings (SSSR count). The minimum atomic E-state index is -0.383. The van der Waals surface area contributed by atoms with Crippen molar-refractivity contribution < 1.29 is 4.74 Å². The molecule has 0 radical (unpaired) electrons. The Morgan fingerprint density at radius 1 is 0.676 bits per heavy atom. The van der Waals surface area contributed by atoms with Gasteiger partial charge in [0.2, 0.25) is 6.35 Å². The zero-order valence-electron chi connectivity index (χ0n) is 20.6. The van der Waals surface area contributed by atoms with Gasteiger partial charge in [-0.25, -0.2) is 9.97 Å². The third-order valence-corrected chi connectivity index (χ3v) is 6.42. The van der Waals surface area contributed by atoms with Crippen LogP contribution in [0.4, 0.5) is 23.0 Å². The molecule has 0 amide bonds. The first-order chi connectivity index (χ1) is 16.5. The smallest absolute Gasteiger partial charge is 0.221 e. The first-order valence-electron chi connectivity index (χ1n) is 12.1. The molecule has 0 N–H and O–H groups in total. The van der Waals surface area contributed by atoms with E-state index in [9.17, 15) is 0 Å².